The summed E-state index contributed by atoms with van der Waals surface area (Å²) in [6, 6.07) is 0. The number of fused-ring (bicyclic) bond motifs is 1. The molecule has 0 aromatic rings. The molecule has 3 rings (SSSR count). The van der Waals surface area contributed by atoms with Gasteiger partial charge < -0.3 is 15.3 Å². The van der Waals surface area contributed by atoms with Crippen molar-refractivity contribution in [3.05, 3.63) is 0 Å². The summed E-state index contributed by atoms with van der Waals surface area (Å²) in [5, 5.41) is 29.7. The van der Waals surface area contributed by atoms with Crippen molar-refractivity contribution in [1.82, 2.24) is 0 Å². The van der Waals surface area contributed by atoms with Crippen LogP contribution in [0.15, 0.2) is 0 Å². The fraction of sp³-hybridized carbons (Fsp3) is 0.875. The van der Waals surface area contributed by atoms with Gasteiger partial charge in [0.25, 0.3) is 0 Å². The summed E-state index contributed by atoms with van der Waals surface area (Å²) in [4.78, 5) is 36.2. The molecule has 0 bridgehead atoms. The highest BCUT2D eigenvalue weighted by Gasteiger charge is 2.61. The van der Waals surface area contributed by atoms with Crippen molar-refractivity contribution in [1.29, 1.82) is 0 Å². The number of rotatable bonds is 7. The second-order valence-corrected chi connectivity index (χ2v) is 10.8. The highest BCUT2D eigenvalue weighted by atomic mass is 16.4. The fourth-order valence-corrected chi connectivity index (χ4v) is 7.90. The Morgan fingerprint density at radius 3 is 2.27 bits per heavy atom. The van der Waals surface area contributed by atoms with Gasteiger partial charge in [-0.2, -0.15) is 0 Å². The van der Waals surface area contributed by atoms with E-state index >= 15 is 0 Å². The Bertz CT molecular complexity index is 689. The van der Waals surface area contributed by atoms with Crippen LogP contribution in [0.25, 0.3) is 0 Å². The lowest BCUT2D eigenvalue weighted by Crippen LogP contribution is -2.53. The van der Waals surface area contributed by atoms with Gasteiger partial charge in [0.15, 0.2) is 0 Å². The molecule has 0 radical (unpaired) electrons. The maximum Gasteiger partial charge on any atom is 0.309 e. The zero-order valence-corrected chi connectivity index (χ0v) is 18.6. The van der Waals surface area contributed by atoms with Crippen molar-refractivity contribution < 1.29 is 29.7 Å². The summed E-state index contributed by atoms with van der Waals surface area (Å²) in [5.41, 5.74) is -1.26. The molecule has 0 heterocycles. The Morgan fingerprint density at radius 1 is 0.967 bits per heavy atom. The van der Waals surface area contributed by atoms with Crippen molar-refractivity contribution in [2.45, 2.75) is 85.0 Å². The fourth-order valence-electron chi connectivity index (χ4n) is 7.90. The van der Waals surface area contributed by atoms with Gasteiger partial charge in [-0.3, -0.25) is 14.4 Å². The van der Waals surface area contributed by atoms with Crippen LogP contribution in [0.4, 0.5) is 0 Å². The molecular formula is C24H38O6. The minimum atomic E-state index is -1.01. The normalized spacial score (nSPS) is 42.3. The van der Waals surface area contributed by atoms with E-state index in [0.29, 0.717) is 12.3 Å². The lowest BCUT2D eigenvalue weighted by atomic mass is 9.49. The van der Waals surface area contributed by atoms with E-state index in [4.69, 9.17) is 5.11 Å². The van der Waals surface area contributed by atoms with Gasteiger partial charge in [0.2, 0.25) is 0 Å². The standard InChI is InChI=1S/C24H38O6/c1-14(7-12-19(25)26)17-10-11-18(24(17,3)22(29)30)16-9-8-15-6-4-5-13-23(15,2)20(16)21(27)28/h14-18,20H,4-13H2,1-3H3,(H,25,26)(H,27,28)(H,29,30)/t14-,15+,16+,17+,18-,20-,23+,24+/m1/s1. The minimum absolute atomic E-state index is 0.0166. The largest absolute Gasteiger partial charge is 0.481 e. The van der Waals surface area contributed by atoms with Crippen LogP contribution in [0, 0.1) is 46.3 Å². The first-order valence-corrected chi connectivity index (χ1v) is 11.7. The molecule has 0 aromatic carbocycles. The van der Waals surface area contributed by atoms with Crippen LogP contribution in [0.2, 0.25) is 0 Å². The molecule has 6 nitrogen and oxygen atoms in total. The molecule has 30 heavy (non-hydrogen) atoms. The molecule has 8 atom stereocenters. The predicted octanol–water partition coefficient (Wildman–Crippen LogP) is 4.91. The first kappa shape index (κ1) is 23.1. The monoisotopic (exact) mass is 422 g/mol. The van der Waals surface area contributed by atoms with E-state index in [2.05, 4.69) is 6.92 Å². The molecule has 3 N–H and O–H groups in total. The van der Waals surface area contributed by atoms with E-state index in [9.17, 15) is 24.6 Å². The smallest absolute Gasteiger partial charge is 0.309 e. The van der Waals surface area contributed by atoms with E-state index in [1.165, 1.54) is 0 Å². The molecule has 0 unspecified atom stereocenters. The van der Waals surface area contributed by atoms with Gasteiger partial charge in [-0.25, -0.2) is 0 Å². The van der Waals surface area contributed by atoms with Crippen LogP contribution in [0.5, 0.6) is 0 Å². The molecule has 0 aliphatic heterocycles. The maximum absolute atomic E-state index is 12.6. The first-order valence-electron chi connectivity index (χ1n) is 11.7. The zero-order chi connectivity index (χ0) is 22.3. The zero-order valence-electron chi connectivity index (χ0n) is 18.6. The second kappa shape index (κ2) is 8.51. The molecule has 170 valence electrons. The number of hydrogen-bond donors (Lipinski definition) is 3. The number of carbonyl (C=O) groups is 3. The van der Waals surface area contributed by atoms with Crippen LogP contribution in [0.1, 0.15) is 85.0 Å². The second-order valence-electron chi connectivity index (χ2n) is 10.8. The predicted molar refractivity (Wildman–Crippen MR) is 112 cm³/mol. The Hall–Kier alpha value is -1.59. The maximum atomic E-state index is 12.6. The van der Waals surface area contributed by atoms with E-state index < -0.39 is 29.2 Å². The highest BCUT2D eigenvalue weighted by Crippen LogP contribution is 2.63. The lowest BCUT2D eigenvalue weighted by molar-refractivity contribution is -0.170. The van der Waals surface area contributed by atoms with E-state index in [0.717, 1.165) is 51.4 Å². The van der Waals surface area contributed by atoms with E-state index in [1.807, 2.05) is 13.8 Å². The van der Waals surface area contributed by atoms with Crippen molar-refractivity contribution in [3.63, 3.8) is 0 Å². The van der Waals surface area contributed by atoms with Crippen molar-refractivity contribution in [2.24, 2.45) is 46.3 Å². The third-order valence-electron chi connectivity index (χ3n) is 9.51. The molecule has 3 saturated carbocycles. The van der Waals surface area contributed by atoms with Gasteiger partial charge in [0.1, 0.15) is 0 Å². The molecule has 0 aromatic heterocycles. The van der Waals surface area contributed by atoms with Crippen molar-refractivity contribution >= 4 is 17.9 Å². The molecule has 0 spiro atoms. The topological polar surface area (TPSA) is 112 Å². The first-order chi connectivity index (χ1) is 14.0. The van der Waals surface area contributed by atoms with Gasteiger partial charge in [-0.05, 0) is 86.9 Å². The SMILES string of the molecule is C[C@H](CCC(=O)O)[C@@H]1CC[C@H]([C@@H]2CC[C@@H]3CCCC[C@]3(C)[C@H]2C(=O)O)[C@@]1(C)C(=O)O. The number of hydrogen-bond acceptors (Lipinski definition) is 3. The van der Waals surface area contributed by atoms with Gasteiger partial charge in [-0.15, -0.1) is 0 Å². The molecule has 3 aliphatic rings. The highest BCUT2D eigenvalue weighted by molar-refractivity contribution is 5.76. The molecule has 6 heteroatoms. The van der Waals surface area contributed by atoms with Gasteiger partial charge >= 0.3 is 17.9 Å². The quantitative estimate of drug-likeness (QED) is 0.537. The molecule has 3 fully saturated rings. The molecule has 3 aliphatic carbocycles. The van der Waals surface area contributed by atoms with E-state index in [1.54, 1.807) is 0 Å². The van der Waals surface area contributed by atoms with Crippen LogP contribution in [0.3, 0.4) is 0 Å². The Morgan fingerprint density at radius 2 is 1.67 bits per heavy atom. The van der Waals surface area contributed by atoms with Crippen molar-refractivity contribution in [2.75, 3.05) is 0 Å². The Kier molecular flexibility index (Phi) is 6.54. The minimum Gasteiger partial charge on any atom is -0.481 e. The summed E-state index contributed by atoms with van der Waals surface area (Å²) in [6.07, 6.45) is 7.97. The summed E-state index contributed by atoms with van der Waals surface area (Å²) in [6.45, 7) is 5.91. The Labute approximate surface area is 179 Å². The average Bonchev–Trinajstić information content (AvgIpc) is 3.02. The summed E-state index contributed by atoms with van der Waals surface area (Å²) in [7, 11) is 0. The Balaban J connectivity index is 1.92. The van der Waals surface area contributed by atoms with Crippen LogP contribution in [-0.2, 0) is 14.4 Å². The molecule has 0 saturated heterocycles. The number of aliphatic carboxylic acids is 3. The molecule has 0 amide bonds. The summed E-state index contributed by atoms with van der Waals surface area (Å²) < 4.78 is 0. The molecular weight excluding hydrogens is 384 g/mol. The lowest BCUT2D eigenvalue weighted by Gasteiger charge is -2.54. The van der Waals surface area contributed by atoms with Gasteiger partial charge in [0, 0.05) is 6.42 Å². The van der Waals surface area contributed by atoms with Gasteiger partial charge in [0.05, 0.1) is 11.3 Å². The third kappa shape index (κ3) is 3.75. The van der Waals surface area contributed by atoms with Gasteiger partial charge in [-0.1, -0.05) is 26.7 Å². The summed E-state index contributed by atoms with van der Waals surface area (Å²) in [5.74, 6) is -2.97. The van der Waals surface area contributed by atoms with Crippen molar-refractivity contribution in [3.8, 4) is 0 Å². The third-order valence-corrected chi connectivity index (χ3v) is 9.51. The van der Waals surface area contributed by atoms with Crippen LogP contribution in [-0.4, -0.2) is 33.2 Å². The van der Waals surface area contributed by atoms with Crippen LogP contribution < -0.4 is 0 Å². The summed E-state index contributed by atoms with van der Waals surface area (Å²) >= 11 is 0. The number of carboxylic acids is 3. The van der Waals surface area contributed by atoms with Crippen LogP contribution >= 0.6 is 0 Å². The van der Waals surface area contributed by atoms with E-state index in [-0.39, 0.29) is 35.5 Å². The number of carboxylic acid groups (broad SMARTS) is 3. The average molecular weight is 423 g/mol.